The van der Waals surface area contributed by atoms with Crippen molar-refractivity contribution >= 4 is 11.8 Å². The van der Waals surface area contributed by atoms with E-state index in [1.54, 1.807) is 18.0 Å². The van der Waals surface area contributed by atoms with Crippen LogP contribution < -0.4 is 0 Å². The molecule has 1 atom stereocenters. The Balaban J connectivity index is 0.000000845. The number of rotatable bonds is 1. The lowest BCUT2D eigenvalue weighted by Crippen LogP contribution is -2.12. The van der Waals surface area contributed by atoms with Gasteiger partial charge in [0.05, 0.1) is 0 Å². The molecule has 2 rings (SSSR count). The largest absolute Gasteiger partial charge is 0.412 e. The van der Waals surface area contributed by atoms with E-state index in [1.165, 1.54) is 5.06 Å². The number of hydrogen-bond donors (Lipinski definition) is 1. The standard InChI is InChI=1S/C9H9NOS.H2O/c11-10-6-7-12-9(10)8-4-2-1-3-5-8;/h1-7,9,11H;1H2. The summed E-state index contributed by atoms with van der Waals surface area (Å²) < 4.78 is 0. The van der Waals surface area contributed by atoms with E-state index < -0.39 is 0 Å². The smallest absolute Gasteiger partial charge is 0.130 e. The Morgan fingerprint density at radius 2 is 1.92 bits per heavy atom. The molecule has 0 aromatic heterocycles. The molecule has 0 bridgehead atoms. The van der Waals surface area contributed by atoms with E-state index in [4.69, 9.17) is 0 Å². The average Bonchev–Trinajstić information content (AvgIpc) is 2.53. The van der Waals surface area contributed by atoms with Crippen molar-refractivity contribution in [2.75, 3.05) is 0 Å². The lowest BCUT2D eigenvalue weighted by molar-refractivity contribution is -0.0493. The Morgan fingerprint density at radius 3 is 2.46 bits per heavy atom. The van der Waals surface area contributed by atoms with Crippen LogP contribution >= 0.6 is 11.8 Å². The van der Waals surface area contributed by atoms with Gasteiger partial charge in [0, 0.05) is 6.20 Å². The van der Waals surface area contributed by atoms with Crippen LogP contribution in [0.1, 0.15) is 10.9 Å². The van der Waals surface area contributed by atoms with Crippen molar-refractivity contribution in [2.24, 2.45) is 0 Å². The third-order valence-electron chi connectivity index (χ3n) is 1.75. The van der Waals surface area contributed by atoms with Crippen molar-refractivity contribution in [3.05, 3.63) is 47.5 Å². The van der Waals surface area contributed by atoms with Gasteiger partial charge in [-0.15, -0.1) is 11.8 Å². The van der Waals surface area contributed by atoms with Crippen LogP contribution in [0.3, 0.4) is 0 Å². The second-order valence-corrected chi connectivity index (χ2v) is 3.56. The van der Waals surface area contributed by atoms with Gasteiger partial charge in [-0.1, -0.05) is 30.3 Å². The first-order chi connectivity index (χ1) is 5.88. The Kier molecular flexibility index (Phi) is 3.36. The fourth-order valence-electron chi connectivity index (χ4n) is 1.16. The van der Waals surface area contributed by atoms with Crippen LogP contribution in [0.2, 0.25) is 0 Å². The lowest BCUT2D eigenvalue weighted by Gasteiger charge is -2.17. The van der Waals surface area contributed by atoms with Gasteiger partial charge in [-0.05, 0) is 11.0 Å². The minimum absolute atomic E-state index is 0. The highest BCUT2D eigenvalue weighted by Crippen LogP contribution is 2.36. The third kappa shape index (κ3) is 2.03. The van der Waals surface area contributed by atoms with E-state index in [0.717, 1.165) is 5.56 Å². The molecule has 0 radical (unpaired) electrons. The molecule has 0 saturated carbocycles. The Bertz CT molecular complexity index is 289. The van der Waals surface area contributed by atoms with Gasteiger partial charge in [-0.3, -0.25) is 5.21 Å². The van der Waals surface area contributed by atoms with Crippen LogP contribution in [0, 0.1) is 0 Å². The molecular weight excluding hydrogens is 186 g/mol. The lowest BCUT2D eigenvalue weighted by atomic mass is 10.2. The monoisotopic (exact) mass is 197 g/mol. The minimum Gasteiger partial charge on any atom is -0.412 e. The quantitative estimate of drug-likeness (QED) is 0.746. The maximum atomic E-state index is 9.37. The fourth-order valence-corrected chi connectivity index (χ4v) is 2.01. The van der Waals surface area contributed by atoms with Gasteiger partial charge in [0.15, 0.2) is 0 Å². The molecule has 1 aliphatic rings. The summed E-state index contributed by atoms with van der Waals surface area (Å²) in [6, 6.07) is 9.93. The van der Waals surface area contributed by atoms with Crippen molar-refractivity contribution in [1.29, 1.82) is 0 Å². The van der Waals surface area contributed by atoms with Crippen LogP contribution in [0.5, 0.6) is 0 Å². The Morgan fingerprint density at radius 1 is 1.23 bits per heavy atom. The first-order valence-corrected chi connectivity index (χ1v) is 4.66. The third-order valence-corrected chi connectivity index (χ3v) is 2.77. The summed E-state index contributed by atoms with van der Waals surface area (Å²) in [5.74, 6) is 0. The Hall–Kier alpha value is -0.970. The van der Waals surface area contributed by atoms with E-state index in [2.05, 4.69) is 0 Å². The predicted molar refractivity (Wildman–Crippen MR) is 53.2 cm³/mol. The van der Waals surface area contributed by atoms with Crippen LogP contribution in [-0.4, -0.2) is 15.7 Å². The SMILES string of the molecule is O.ON1C=CSC1c1ccccc1. The van der Waals surface area contributed by atoms with Gasteiger partial charge < -0.3 is 5.48 Å². The maximum Gasteiger partial charge on any atom is 0.130 e. The second-order valence-electron chi connectivity index (χ2n) is 2.56. The normalized spacial score (nSPS) is 20.1. The summed E-state index contributed by atoms with van der Waals surface area (Å²) in [6.07, 6.45) is 1.67. The first-order valence-electron chi connectivity index (χ1n) is 3.72. The minimum atomic E-state index is 0. The highest BCUT2D eigenvalue weighted by atomic mass is 32.2. The zero-order valence-electron chi connectivity index (χ0n) is 6.92. The molecular formula is C9H11NO2S. The van der Waals surface area contributed by atoms with Crippen LogP contribution in [0.15, 0.2) is 41.9 Å². The van der Waals surface area contributed by atoms with E-state index in [9.17, 15) is 5.21 Å². The zero-order valence-corrected chi connectivity index (χ0v) is 7.74. The molecule has 0 spiro atoms. The molecule has 1 unspecified atom stereocenters. The predicted octanol–water partition coefficient (Wildman–Crippen LogP) is 1.77. The molecule has 1 aromatic rings. The van der Waals surface area contributed by atoms with Crippen molar-refractivity contribution in [3.8, 4) is 0 Å². The summed E-state index contributed by atoms with van der Waals surface area (Å²) in [7, 11) is 0. The highest BCUT2D eigenvalue weighted by molar-refractivity contribution is 8.02. The van der Waals surface area contributed by atoms with Crippen molar-refractivity contribution in [2.45, 2.75) is 5.37 Å². The number of thioether (sulfide) groups is 1. The summed E-state index contributed by atoms with van der Waals surface area (Å²) >= 11 is 1.60. The van der Waals surface area contributed by atoms with Gasteiger partial charge in [-0.2, -0.15) is 0 Å². The van der Waals surface area contributed by atoms with Crippen LogP contribution in [-0.2, 0) is 0 Å². The van der Waals surface area contributed by atoms with Gasteiger partial charge in [0.1, 0.15) is 5.37 Å². The molecule has 3 nitrogen and oxygen atoms in total. The molecule has 1 aliphatic heterocycles. The molecule has 1 heterocycles. The van der Waals surface area contributed by atoms with Crippen LogP contribution in [0.4, 0.5) is 0 Å². The molecule has 13 heavy (non-hydrogen) atoms. The van der Waals surface area contributed by atoms with Crippen molar-refractivity contribution < 1.29 is 10.7 Å². The molecule has 0 saturated heterocycles. The highest BCUT2D eigenvalue weighted by Gasteiger charge is 2.19. The van der Waals surface area contributed by atoms with Gasteiger partial charge in [-0.25, -0.2) is 5.06 Å². The topological polar surface area (TPSA) is 55.0 Å². The summed E-state index contributed by atoms with van der Waals surface area (Å²) in [5, 5.41) is 12.5. The molecule has 70 valence electrons. The summed E-state index contributed by atoms with van der Waals surface area (Å²) in [6.45, 7) is 0. The molecule has 3 N–H and O–H groups in total. The maximum absolute atomic E-state index is 9.37. The van der Waals surface area contributed by atoms with E-state index >= 15 is 0 Å². The molecule has 0 amide bonds. The van der Waals surface area contributed by atoms with E-state index in [1.807, 2.05) is 35.7 Å². The van der Waals surface area contributed by atoms with Gasteiger partial charge in [0.25, 0.3) is 0 Å². The van der Waals surface area contributed by atoms with E-state index in [-0.39, 0.29) is 10.9 Å². The number of hydrogen-bond acceptors (Lipinski definition) is 3. The molecule has 0 fully saturated rings. The van der Waals surface area contributed by atoms with Crippen molar-refractivity contribution in [1.82, 2.24) is 5.06 Å². The molecule has 0 aliphatic carbocycles. The number of hydroxylamine groups is 2. The Labute approximate surface area is 80.9 Å². The summed E-state index contributed by atoms with van der Waals surface area (Å²) in [5.41, 5.74) is 1.12. The second kappa shape index (κ2) is 4.32. The van der Waals surface area contributed by atoms with Gasteiger partial charge in [0.2, 0.25) is 0 Å². The van der Waals surface area contributed by atoms with Crippen molar-refractivity contribution in [3.63, 3.8) is 0 Å². The molecule has 1 aromatic carbocycles. The fraction of sp³-hybridized carbons (Fsp3) is 0.111. The average molecular weight is 197 g/mol. The van der Waals surface area contributed by atoms with E-state index in [0.29, 0.717) is 0 Å². The number of nitrogens with zero attached hydrogens (tertiary/aromatic N) is 1. The van der Waals surface area contributed by atoms with Gasteiger partial charge >= 0.3 is 0 Å². The van der Waals surface area contributed by atoms with Crippen LogP contribution in [0.25, 0.3) is 0 Å². The number of benzene rings is 1. The first kappa shape index (κ1) is 10.1. The molecule has 4 heteroatoms. The zero-order chi connectivity index (χ0) is 8.39. The summed E-state index contributed by atoms with van der Waals surface area (Å²) in [4.78, 5) is 0.